The zero-order valence-corrected chi connectivity index (χ0v) is 13.1. The second-order valence-corrected chi connectivity index (χ2v) is 7.56. The van der Waals surface area contributed by atoms with Crippen LogP contribution in [0.5, 0.6) is 0 Å². The fourth-order valence-electron chi connectivity index (χ4n) is 2.26. The van der Waals surface area contributed by atoms with Crippen LogP contribution >= 0.6 is 0 Å². The second kappa shape index (κ2) is 7.57. The number of rotatable bonds is 9. The largest absolute Gasteiger partial charge is 0.530 e. The molecule has 1 saturated heterocycles. The van der Waals surface area contributed by atoms with Gasteiger partial charge in [-0.1, -0.05) is 13.8 Å². The lowest BCUT2D eigenvalue weighted by Gasteiger charge is -2.38. The molecular weight excluding hydrogens is 252 g/mol. The highest BCUT2D eigenvalue weighted by Gasteiger charge is 2.48. The smallest absolute Gasteiger partial charge is 0.375 e. The average molecular weight is 278 g/mol. The summed E-state index contributed by atoms with van der Waals surface area (Å²) >= 11 is 0. The van der Waals surface area contributed by atoms with Crippen molar-refractivity contribution in [3.05, 3.63) is 0 Å². The van der Waals surface area contributed by atoms with Crippen LogP contribution in [0.4, 0.5) is 0 Å². The molecule has 1 rings (SSSR count). The van der Waals surface area contributed by atoms with Crippen molar-refractivity contribution in [1.29, 1.82) is 0 Å². The maximum absolute atomic E-state index is 5.93. The van der Waals surface area contributed by atoms with Crippen molar-refractivity contribution in [2.75, 3.05) is 34.5 Å². The summed E-state index contributed by atoms with van der Waals surface area (Å²) in [7, 11) is 2.12. The maximum Gasteiger partial charge on any atom is 0.530 e. The molecule has 0 aromatic heterocycles. The van der Waals surface area contributed by atoms with E-state index in [4.69, 9.17) is 22.8 Å². The van der Waals surface area contributed by atoms with E-state index in [-0.39, 0.29) is 11.8 Å². The van der Waals surface area contributed by atoms with Gasteiger partial charge in [0.2, 0.25) is 0 Å². The molecule has 1 heterocycles. The van der Waals surface area contributed by atoms with Crippen LogP contribution in [0, 0.1) is 5.92 Å². The summed E-state index contributed by atoms with van der Waals surface area (Å²) in [5.41, 5.74) is -0.140. The second-order valence-electron chi connectivity index (χ2n) is 4.49. The number of hydrogen-bond donors (Lipinski definition) is 0. The Bertz CT molecular complexity index is 224. The van der Waals surface area contributed by atoms with Crippen molar-refractivity contribution < 1.29 is 22.8 Å². The van der Waals surface area contributed by atoms with Crippen molar-refractivity contribution >= 4 is 8.80 Å². The summed E-state index contributed by atoms with van der Waals surface area (Å²) in [6, 6.07) is 0. The Morgan fingerprint density at radius 2 is 1.78 bits per heavy atom. The third kappa shape index (κ3) is 3.31. The van der Waals surface area contributed by atoms with Gasteiger partial charge >= 0.3 is 8.80 Å². The third-order valence-corrected chi connectivity index (χ3v) is 6.73. The Kier molecular flexibility index (Phi) is 6.76. The molecule has 0 aliphatic carbocycles. The summed E-state index contributed by atoms with van der Waals surface area (Å²) < 4.78 is 27.8. The molecule has 0 aromatic carbocycles. The molecule has 18 heavy (non-hydrogen) atoms. The highest BCUT2D eigenvalue weighted by molar-refractivity contribution is 6.62. The first-order chi connectivity index (χ1) is 8.67. The standard InChI is InChI=1S/C12H26O5Si/c1-6-10-8-16-11(10)9-17-12(7-2)18(13-3,14-4)15-5/h10-12H,6-9H2,1-5H3. The fourth-order valence-corrected chi connectivity index (χ4v) is 4.35. The Morgan fingerprint density at radius 1 is 1.17 bits per heavy atom. The predicted molar refractivity (Wildman–Crippen MR) is 70.3 cm³/mol. The van der Waals surface area contributed by atoms with Crippen molar-refractivity contribution in [2.24, 2.45) is 5.92 Å². The van der Waals surface area contributed by atoms with Crippen LogP contribution in [0.1, 0.15) is 26.7 Å². The van der Waals surface area contributed by atoms with Crippen LogP contribution in [-0.4, -0.2) is 55.2 Å². The van der Waals surface area contributed by atoms with Gasteiger partial charge in [-0.15, -0.1) is 0 Å². The fraction of sp³-hybridized carbons (Fsp3) is 1.00. The van der Waals surface area contributed by atoms with Crippen molar-refractivity contribution in [2.45, 2.75) is 38.5 Å². The lowest BCUT2D eigenvalue weighted by Crippen LogP contribution is -2.56. The molecule has 3 unspecified atom stereocenters. The molecule has 0 aromatic rings. The lowest BCUT2D eigenvalue weighted by atomic mass is 9.96. The Hall–Kier alpha value is 0.0169. The topological polar surface area (TPSA) is 46.2 Å². The van der Waals surface area contributed by atoms with E-state index in [1.165, 1.54) is 0 Å². The Morgan fingerprint density at radius 3 is 2.11 bits per heavy atom. The quantitative estimate of drug-likeness (QED) is 0.600. The zero-order chi connectivity index (χ0) is 13.6. The van der Waals surface area contributed by atoms with Crippen LogP contribution in [-0.2, 0) is 22.8 Å². The number of ether oxygens (including phenoxy) is 2. The van der Waals surface area contributed by atoms with Gasteiger partial charge in [-0.2, -0.15) is 0 Å². The highest BCUT2D eigenvalue weighted by Crippen LogP contribution is 2.26. The zero-order valence-electron chi connectivity index (χ0n) is 12.1. The molecule has 1 aliphatic heterocycles. The molecule has 0 bridgehead atoms. The summed E-state index contributed by atoms with van der Waals surface area (Å²) in [5, 5.41) is 0. The third-order valence-electron chi connectivity index (χ3n) is 3.65. The predicted octanol–water partition coefficient (Wildman–Crippen LogP) is 1.62. The van der Waals surface area contributed by atoms with Gasteiger partial charge in [0.05, 0.1) is 19.3 Å². The minimum absolute atomic E-state index is 0.140. The molecular formula is C12H26O5Si. The lowest BCUT2D eigenvalue weighted by molar-refractivity contribution is -0.155. The van der Waals surface area contributed by atoms with Gasteiger partial charge in [-0.25, -0.2) is 0 Å². The first-order valence-electron chi connectivity index (χ1n) is 6.56. The van der Waals surface area contributed by atoms with Crippen LogP contribution in [0.3, 0.4) is 0 Å². The van der Waals surface area contributed by atoms with Crippen molar-refractivity contribution in [1.82, 2.24) is 0 Å². The molecule has 1 aliphatic rings. The summed E-state index contributed by atoms with van der Waals surface area (Å²) in [4.78, 5) is 0. The Labute approximate surface area is 111 Å². The normalized spacial score (nSPS) is 25.8. The van der Waals surface area contributed by atoms with Crippen molar-refractivity contribution in [3.8, 4) is 0 Å². The van der Waals surface area contributed by atoms with Gasteiger partial charge in [-0.05, 0) is 12.8 Å². The Balaban J connectivity index is 2.50. The SMILES string of the molecule is CCC1COC1COC(CC)[Si](OC)(OC)OC. The molecule has 6 heteroatoms. The van der Waals surface area contributed by atoms with Gasteiger partial charge < -0.3 is 22.8 Å². The van der Waals surface area contributed by atoms with E-state index in [0.29, 0.717) is 12.5 Å². The molecule has 0 N–H and O–H groups in total. The van der Waals surface area contributed by atoms with Crippen LogP contribution in [0.2, 0.25) is 0 Å². The monoisotopic (exact) mass is 278 g/mol. The molecule has 0 saturated carbocycles. The molecule has 0 amide bonds. The minimum atomic E-state index is -2.71. The maximum atomic E-state index is 5.93. The first kappa shape index (κ1) is 16.1. The molecule has 5 nitrogen and oxygen atoms in total. The summed E-state index contributed by atoms with van der Waals surface area (Å²) in [5.74, 6) is 0.617. The number of hydrogen-bond acceptors (Lipinski definition) is 5. The van der Waals surface area contributed by atoms with E-state index in [2.05, 4.69) is 6.92 Å². The highest BCUT2D eigenvalue weighted by atomic mass is 28.4. The van der Waals surface area contributed by atoms with E-state index in [1.807, 2.05) is 6.92 Å². The van der Waals surface area contributed by atoms with Crippen LogP contribution in [0.15, 0.2) is 0 Å². The van der Waals surface area contributed by atoms with Gasteiger partial charge in [-0.3, -0.25) is 0 Å². The van der Waals surface area contributed by atoms with Crippen LogP contribution in [0.25, 0.3) is 0 Å². The molecule has 3 atom stereocenters. The summed E-state index contributed by atoms with van der Waals surface area (Å²) in [6.45, 7) is 5.66. The van der Waals surface area contributed by atoms with Gasteiger partial charge in [0.15, 0.2) is 0 Å². The average Bonchev–Trinajstić information content (AvgIpc) is 2.38. The van der Waals surface area contributed by atoms with Gasteiger partial charge in [0, 0.05) is 27.2 Å². The molecule has 0 spiro atoms. The van der Waals surface area contributed by atoms with Gasteiger partial charge in [0.1, 0.15) is 5.73 Å². The molecule has 108 valence electrons. The summed E-state index contributed by atoms with van der Waals surface area (Å²) in [6.07, 6.45) is 2.14. The van der Waals surface area contributed by atoms with E-state index < -0.39 is 8.80 Å². The molecule has 0 radical (unpaired) electrons. The van der Waals surface area contributed by atoms with E-state index in [1.54, 1.807) is 21.3 Å². The van der Waals surface area contributed by atoms with E-state index in [9.17, 15) is 0 Å². The van der Waals surface area contributed by atoms with E-state index in [0.717, 1.165) is 19.4 Å². The van der Waals surface area contributed by atoms with Crippen LogP contribution < -0.4 is 0 Å². The first-order valence-corrected chi connectivity index (χ1v) is 8.36. The molecule has 1 fully saturated rings. The van der Waals surface area contributed by atoms with E-state index >= 15 is 0 Å². The van der Waals surface area contributed by atoms with Crippen molar-refractivity contribution in [3.63, 3.8) is 0 Å². The van der Waals surface area contributed by atoms with Gasteiger partial charge in [0.25, 0.3) is 0 Å². The minimum Gasteiger partial charge on any atom is -0.375 e.